The molecule has 1 saturated heterocycles. The monoisotopic (exact) mass is 277 g/mol. The van der Waals surface area contributed by atoms with Crippen LogP contribution in [0.4, 0.5) is 5.82 Å². The standard InChI is InChI=1S/C15H23N3O2/c1-3-13-8-12(15(19)20)9-14(17-13)16-10-11-4-6-18(2)7-5-11/h8-9,11H,3-7,10H2,1-2H3,(H,16,17)(H,19,20). The maximum Gasteiger partial charge on any atom is 0.335 e. The van der Waals surface area contributed by atoms with E-state index in [1.807, 2.05) is 6.92 Å². The van der Waals surface area contributed by atoms with Gasteiger partial charge in [-0.25, -0.2) is 9.78 Å². The quantitative estimate of drug-likeness (QED) is 0.863. The van der Waals surface area contributed by atoms with Gasteiger partial charge in [-0.3, -0.25) is 0 Å². The van der Waals surface area contributed by atoms with Gasteiger partial charge in [0.05, 0.1) is 5.56 Å². The van der Waals surface area contributed by atoms with Gasteiger partial charge in [-0.05, 0) is 57.5 Å². The summed E-state index contributed by atoms with van der Waals surface area (Å²) < 4.78 is 0. The number of hydrogen-bond donors (Lipinski definition) is 2. The van der Waals surface area contributed by atoms with Gasteiger partial charge < -0.3 is 15.3 Å². The van der Waals surface area contributed by atoms with Crippen LogP contribution in [0.5, 0.6) is 0 Å². The second-order valence-electron chi connectivity index (χ2n) is 5.52. The fourth-order valence-corrected chi connectivity index (χ4v) is 2.50. The Morgan fingerprint density at radius 3 is 2.75 bits per heavy atom. The van der Waals surface area contributed by atoms with Crippen LogP contribution >= 0.6 is 0 Å². The molecule has 1 aromatic rings. The molecule has 0 spiro atoms. The fraction of sp³-hybridized carbons (Fsp3) is 0.600. The van der Waals surface area contributed by atoms with E-state index >= 15 is 0 Å². The lowest BCUT2D eigenvalue weighted by Gasteiger charge is -2.29. The van der Waals surface area contributed by atoms with E-state index in [1.54, 1.807) is 12.1 Å². The van der Waals surface area contributed by atoms with Crippen LogP contribution in [0, 0.1) is 5.92 Å². The molecule has 1 aliphatic rings. The van der Waals surface area contributed by atoms with Crippen LogP contribution in [0.1, 0.15) is 35.8 Å². The fourth-order valence-electron chi connectivity index (χ4n) is 2.50. The number of carboxylic acids is 1. The number of aromatic carboxylic acids is 1. The number of anilines is 1. The van der Waals surface area contributed by atoms with Crippen molar-refractivity contribution in [2.24, 2.45) is 5.92 Å². The first kappa shape index (κ1) is 14.8. The van der Waals surface area contributed by atoms with Crippen molar-refractivity contribution in [2.45, 2.75) is 26.2 Å². The SMILES string of the molecule is CCc1cc(C(=O)O)cc(NCC2CCN(C)CC2)n1. The molecule has 0 unspecified atom stereocenters. The Morgan fingerprint density at radius 1 is 1.45 bits per heavy atom. The minimum Gasteiger partial charge on any atom is -0.478 e. The number of nitrogens with zero attached hydrogens (tertiary/aromatic N) is 2. The van der Waals surface area contributed by atoms with Gasteiger partial charge in [-0.1, -0.05) is 6.92 Å². The summed E-state index contributed by atoms with van der Waals surface area (Å²) in [6.07, 6.45) is 3.11. The zero-order chi connectivity index (χ0) is 14.5. The topological polar surface area (TPSA) is 65.5 Å². The van der Waals surface area contributed by atoms with Crippen LogP contribution < -0.4 is 5.32 Å². The first-order valence-corrected chi connectivity index (χ1v) is 7.25. The van der Waals surface area contributed by atoms with Gasteiger partial charge in [0.2, 0.25) is 0 Å². The zero-order valence-corrected chi connectivity index (χ0v) is 12.2. The summed E-state index contributed by atoms with van der Waals surface area (Å²) in [5.74, 6) is 0.427. The van der Waals surface area contributed by atoms with E-state index in [4.69, 9.17) is 5.11 Å². The van der Waals surface area contributed by atoms with Crippen LogP contribution in [0.15, 0.2) is 12.1 Å². The molecule has 0 saturated carbocycles. The predicted molar refractivity (Wildman–Crippen MR) is 79.3 cm³/mol. The minimum atomic E-state index is -0.899. The highest BCUT2D eigenvalue weighted by Gasteiger charge is 2.16. The first-order chi connectivity index (χ1) is 9.58. The van der Waals surface area contributed by atoms with Crippen molar-refractivity contribution in [3.63, 3.8) is 0 Å². The number of aromatic nitrogens is 1. The Balaban J connectivity index is 1.98. The molecule has 5 heteroatoms. The maximum atomic E-state index is 11.1. The molecule has 1 aromatic heterocycles. The molecule has 0 bridgehead atoms. The van der Waals surface area contributed by atoms with E-state index in [1.165, 1.54) is 12.8 Å². The molecular formula is C15H23N3O2. The summed E-state index contributed by atoms with van der Waals surface area (Å²) >= 11 is 0. The lowest BCUT2D eigenvalue weighted by atomic mass is 9.97. The second-order valence-corrected chi connectivity index (χ2v) is 5.52. The molecule has 2 rings (SSSR count). The second kappa shape index (κ2) is 6.70. The van der Waals surface area contributed by atoms with E-state index in [0.717, 1.165) is 31.7 Å². The average Bonchev–Trinajstić information content (AvgIpc) is 2.46. The predicted octanol–water partition coefficient (Wildman–Crippen LogP) is 2.10. The van der Waals surface area contributed by atoms with Crippen molar-refractivity contribution in [1.82, 2.24) is 9.88 Å². The molecule has 110 valence electrons. The molecule has 1 aliphatic heterocycles. The summed E-state index contributed by atoms with van der Waals surface area (Å²) in [7, 11) is 2.15. The smallest absolute Gasteiger partial charge is 0.335 e. The maximum absolute atomic E-state index is 11.1. The molecule has 1 fully saturated rings. The number of piperidine rings is 1. The lowest BCUT2D eigenvalue weighted by molar-refractivity contribution is 0.0696. The number of carboxylic acid groups (broad SMARTS) is 1. The summed E-state index contributed by atoms with van der Waals surface area (Å²) in [4.78, 5) is 17.9. The normalized spacial score (nSPS) is 17.1. The lowest BCUT2D eigenvalue weighted by Crippen LogP contribution is -2.33. The molecule has 5 nitrogen and oxygen atoms in total. The summed E-state index contributed by atoms with van der Waals surface area (Å²) in [6.45, 7) is 5.12. The van der Waals surface area contributed by atoms with Crippen molar-refractivity contribution in [1.29, 1.82) is 0 Å². The number of rotatable bonds is 5. The zero-order valence-electron chi connectivity index (χ0n) is 12.2. The average molecular weight is 277 g/mol. The van der Waals surface area contributed by atoms with Gasteiger partial charge >= 0.3 is 5.97 Å². The van der Waals surface area contributed by atoms with Crippen molar-refractivity contribution in [2.75, 3.05) is 32.0 Å². The summed E-state index contributed by atoms with van der Waals surface area (Å²) in [5.41, 5.74) is 1.12. The summed E-state index contributed by atoms with van der Waals surface area (Å²) in [5, 5.41) is 12.4. The molecule has 20 heavy (non-hydrogen) atoms. The van der Waals surface area contributed by atoms with Crippen LogP contribution in [0.25, 0.3) is 0 Å². The van der Waals surface area contributed by atoms with Crippen molar-refractivity contribution < 1.29 is 9.90 Å². The number of nitrogens with one attached hydrogen (secondary N) is 1. The third kappa shape index (κ3) is 3.93. The molecule has 0 amide bonds. The highest BCUT2D eigenvalue weighted by Crippen LogP contribution is 2.17. The Hall–Kier alpha value is -1.62. The Kier molecular flexibility index (Phi) is 4.95. The van der Waals surface area contributed by atoms with Crippen LogP contribution in [0.2, 0.25) is 0 Å². The molecule has 2 N–H and O–H groups in total. The van der Waals surface area contributed by atoms with Gasteiger partial charge in [0.1, 0.15) is 5.82 Å². The number of carbonyl (C=O) groups is 1. The van der Waals surface area contributed by atoms with E-state index < -0.39 is 5.97 Å². The number of pyridine rings is 1. The Labute approximate surface area is 120 Å². The molecule has 0 atom stereocenters. The minimum absolute atomic E-state index is 0.308. The van der Waals surface area contributed by atoms with Gasteiger partial charge in [-0.15, -0.1) is 0 Å². The Morgan fingerprint density at radius 2 is 2.15 bits per heavy atom. The van der Waals surface area contributed by atoms with Crippen LogP contribution in [-0.4, -0.2) is 47.6 Å². The molecular weight excluding hydrogens is 254 g/mol. The molecule has 0 aromatic carbocycles. The molecule has 0 radical (unpaired) electrons. The molecule has 0 aliphatic carbocycles. The van der Waals surface area contributed by atoms with Crippen molar-refractivity contribution in [3.8, 4) is 0 Å². The Bertz CT molecular complexity index is 468. The van der Waals surface area contributed by atoms with Gasteiger partial charge in [0, 0.05) is 12.2 Å². The summed E-state index contributed by atoms with van der Waals surface area (Å²) in [6, 6.07) is 3.26. The highest BCUT2D eigenvalue weighted by molar-refractivity contribution is 5.88. The number of likely N-dealkylation sites (tertiary alicyclic amines) is 1. The molecule has 2 heterocycles. The van der Waals surface area contributed by atoms with E-state index in [2.05, 4.69) is 22.2 Å². The van der Waals surface area contributed by atoms with Gasteiger partial charge in [0.25, 0.3) is 0 Å². The highest BCUT2D eigenvalue weighted by atomic mass is 16.4. The van der Waals surface area contributed by atoms with Gasteiger partial charge in [0.15, 0.2) is 0 Å². The van der Waals surface area contributed by atoms with Crippen LogP contribution in [-0.2, 0) is 6.42 Å². The first-order valence-electron chi connectivity index (χ1n) is 7.25. The van der Waals surface area contributed by atoms with Crippen molar-refractivity contribution >= 4 is 11.8 Å². The van der Waals surface area contributed by atoms with E-state index in [0.29, 0.717) is 17.3 Å². The van der Waals surface area contributed by atoms with Crippen molar-refractivity contribution in [3.05, 3.63) is 23.4 Å². The van der Waals surface area contributed by atoms with Gasteiger partial charge in [-0.2, -0.15) is 0 Å². The third-order valence-electron chi connectivity index (χ3n) is 3.90. The number of aryl methyl sites for hydroxylation is 1. The largest absolute Gasteiger partial charge is 0.478 e. The van der Waals surface area contributed by atoms with E-state index in [9.17, 15) is 4.79 Å². The van der Waals surface area contributed by atoms with E-state index in [-0.39, 0.29) is 0 Å². The third-order valence-corrected chi connectivity index (χ3v) is 3.90. The van der Waals surface area contributed by atoms with Crippen LogP contribution in [0.3, 0.4) is 0 Å². The number of hydrogen-bond acceptors (Lipinski definition) is 4.